The molecule has 0 unspecified atom stereocenters. The summed E-state index contributed by atoms with van der Waals surface area (Å²) in [5.74, 6) is -0.273. The van der Waals surface area contributed by atoms with Crippen LogP contribution < -0.4 is 5.32 Å². The summed E-state index contributed by atoms with van der Waals surface area (Å²) < 4.78 is 0. The first-order valence-corrected chi connectivity index (χ1v) is 8.05. The molecule has 1 aliphatic heterocycles. The lowest BCUT2D eigenvalue weighted by molar-refractivity contribution is -0.121. The lowest BCUT2D eigenvalue weighted by atomic mass is 10.3. The van der Waals surface area contributed by atoms with Gasteiger partial charge in [-0.3, -0.25) is 9.59 Å². The van der Waals surface area contributed by atoms with Crippen molar-refractivity contribution >= 4 is 34.5 Å². The van der Waals surface area contributed by atoms with E-state index in [-0.39, 0.29) is 18.4 Å². The molecule has 7 heteroatoms. The maximum absolute atomic E-state index is 12.4. The van der Waals surface area contributed by atoms with Crippen molar-refractivity contribution in [2.45, 2.75) is 6.42 Å². The Hall–Kier alpha value is -1.73. The molecule has 0 radical (unpaired) electrons. The molecule has 1 saturated heterocycles. The Bertz CT molecular complexity index is 621. The van der Waals surface area contributed by atoms with Gasteiger partial charge in [0.1, 0.15) is 10.7 Å². The second kappa shape index (κ2) is 5.72. The number of rotatable bonds is 2. The molecule has 0 atom stereocenters. The summed E-state index contributed by atoms with van der Waals surface area (Å²) in [4.78, 5) is 30.9. The highest BCUT2D eigenvalue weighted by molar-refractivity contribution is 7.20. The van der Waals surface area contributed by atoms with Crippen molar-refractivity contribution in [1.29, 1.82) is 0 Å². The molecule has 0 saturated carbocycles. The summed E-state index contributed by atoms with van der Waals surface area (Å²) in [6.45, 7) is 1.33. The van der Waals surface area contributed by atoms with Crippen LogP contribution in [0.1, 0.15) is 16.9 Å². The fraction of sp³-hybridized carbons (Fsp3) is 0.308. The third-order valence-corrected chi connectivity index (χ3v) is 4.89. The summed E-state index contributed by atoms with van der Waals surface area (Å²) in [6.07, 6.45) is 0.777. The second-order valence-electron chi connectivity index (χ2n) is 4.45. The highest BCUT2D eigenvalue weighted by Gasteiger charge is 2.23. The van der Waals surface area contributed by atoms with Crippen LogP contribution in [0.2, 0.25) is 0 Å². The Labute approximate surface area is 124 Å². The predicted molar refractivity (Wildman–Crippen MR) is 79.0 cm³/mol. The van der Waals surface area contributed by atoms with E-state index in [2.05, 4.69) is 10.3 Å². The molecule has 2 aromatic rings. The molecule has 3 heterocycles. The summed E-state index contributed by atoms with van der Waals surface area (Å²) in [6, 6.07) is 3.94. The van der Waals surface area contributed by atoms with Crippen LogP contribution in [0.4, 0.5) is 0 Å². The minimum absolute atomic E-state index is 0.107. The van der Waals surface area contributed by atoms with E-state index >= 15 is 0 Å². The lowest BCUT2D eigenvalue weighted by Gasteiger charge is -2.17. The molecular weight excluding hydrogens is 294 g/mol. The first-order valence-electron chi connectivity index (χ1n) is 6.29. The van der Waals surface area contributed by atoms with Crippen LogP contribution in [-0.2, 0) is 4.79 Å². The molecule has 1 fully saturated rings. The van der Waals surface area contributed by atoms with Crippen molar-refractivity contribution in [2.75, 3.05) is 19.6 Å². The van der Waals surface area contributed by atoms with Crippen LogP contribution in [0.15, 0.2) is 22.9 Å². The molecule has 0 aromatic carbocycles. The molecule has 3 rings (SSSR count). The summed E-state index contributed by atoms with van der Waals surface area (Å²) in [5.41, 5.74) is 0.424. The fourth-order valence-electron chi connectivity index (χ4n) is 2.03. The number of hydrogen-bond acceptors (Lipinski definition) is 5. The third kappa shape index (κ3) is 2.73. The van der Waals surface area contributed by atoms with Gasteiger partial charge in [0.15, 0.2) is 0 Å². The average molecular weight is 307 g/mol. The van der Waals surface area contributed by atoms with E-state index < -0.39 is 0 Å². The van der Waals surface area contributed by atoms with Gasteiger partial charge in [-0.1, -0.05) is 6.07 Å². The normalized spacial score (nSPS) is 15.8. The second-order valence-corrected chi connectivity index (χ2v) is 6.25. The van der Waals surface area contributed by atoms with Gasteiger partial charge in [-0.25, -0.2) is 4.98 Å². The molecule has 2 amide bonds. The van der Waals surface area contributed by atoms with Crippen LogP contribution in [-0.4, -0.2) is 41.3 Å². The number of aromatic nitrogens is 1. The minimum atomic E-state index is -0.166. The number of nitrogens with zero attached hydrogens (tertiary/aromatic N) is 2. The topological polar surface area (TPSA) is 62.3 Å². The Morgan fingerprint density at radius 2 is 2.30 bits per heavy atom. The molecule has 104 valence electrons. The Morgan fingerprint density at radius 1 is 1.40 bits per heavy atom. The van der Waals surface area contributed by atoms with Gasteiger partial charge in [0.05, 0.1) is 11.4 Å². The lowest BCUT2D eigenvalue weighted by Crippen LogP contribution is -2.37. The number of amides is 2. The Morgan fingerprint density at radius 3 is 3.10 bits per heavy atom. The zero-order chi connectivity index (χ0) is 13.9. The largest absolute Gasteiger partial charge is 0.354 e. The average Bonchev–Trinajstić information content (AvgIpc) is 3.07. The third-order valence-electron chi connectivity index (χ3n) is 3.00. The van der Waals surface area contributed by atoms with Gasteiger partial charge in [-0.2, -0.15) is 0 Å². The summed E-state index contributed by atoms with van der Waals surface area (Å²) in [7, 11) is 0. The molecule has 2 aromatic heterocycles. The van der Waals surface area contributed by atoms with Crippen molar-refractivity contribution in [3.05, 3.63) is 28.6 Å². The monoisotopic (exact) mass is 307 g/mol. The number of thiazole rings is 1. The van der Waals surface area contributed by atoms with E-state index in [1.165, 1.54) is 11.3 Å². The van der Waals surface area contributed by atoms with Gasteiger partial charge in [0.25, 0.3) is 5.91 Å². The molecule has 5 nitrogen and oxygen atoms in total. The van der Waals surface area contributed by atoms with E-state index in [0.29, 0.717) is 18.8 Å². The van der Waals surface area contributed by atoms with E-state index in [1.54, 1.807) is 21.6 Å². The first kappa shape index (κ1) is 13.3. The minimum Gasteiger partial charge on any atom is -0.354 e. The molecule has 0 bridgehead atoms. The van der Waals surface area contributed by atoms with Crippen molar-refractivity contribution in [3.8, 4) is 9.88 Å². The van der Waals surface area contributed by atoms with Gasteiger partial charge in [0.2, 0.25) is 5.91 Å². The highest BCUT2D eigenvalue weighted by atomic mass is 32.1. The van der Waals surface area contributed by atoms with E-state index in [9.17, 15) is 9.59 Å². The van der Waals surface area contributed by atoms with Gasteiger partial charge >= 0.3 is 0 Å². The number of carbonyl (C=O) groups excluding carboxylic acids is 2. The molecular formula is C13H13N3O2S2. The highest BCUT2D eigenvalue weighted by Crippen LogP contribution is 2.28. The van der Waals surface area contributed by atoms with Crippen LogP contribution in [0.3, 0.4) is 0 Å². The van der Waals surface area contributed by atoms with Gasteiger partial charge in [-0.05, 0) is 17.9 Å². The van der Waals surface area contributed by atoms with Gasteiger partial charge < -0.3 is 10.2 Å². The van der Waals surface area contributed by atoms with Crippen molar-refractivity contribution in [1.82, 2.24) is 15.2 Å². The zero-order valence-corrected chi connectivity index (χ0v) is 12.3. The molecule has 0 aliphatic carbocycles. The zero-order valence-electron chi connectivity index (χ0n) is 10.7. The Kier molecular flexibility index (Phi) is 3.79. The Balaban J connectivity index is 1.78. The fourth-order valence-corrected chi connectivity index (χ4v) is 3.63. The van der Waals surface area contributed by atoms with E-state index in [0.717, 1.165) is 16.3 Å². The van der Waals surface area contributed by atoms with Crippen molar-refractivity contribution in [2.24, 2.45) is 0 Å². The SMILES string of the molecule is O=C1CN(C(=O)c2csc(-c3cccs3)n2)CCCN1. The van der Waals surface area contributed by atoms with Crippen LogP contribution >= 0.6 is 22.7 Å². The maximum atomic E-state index is 12.4. The summed E-state index contributed by atoms with van der Waals surface area (Å²) in [5, 5.41) is 7.36. The van der Waals surface area contributed by atoms with Gasteiger partial charge in [-0.15, -0.1) is 22.7 Å². The van der Waals surface area contributed by atoms with Crippen LogP contribution in [0, 0.1) is 0 Å². The number of nitrogens with one attached hydrogen (secondary N) is 1. The molecule has 1 aliphatic rings. The van der Waals surface area contributed by atoms with Gasteiger partial charge in [0, 0.05) is 18.5 Å². The maximum Gasteiger partial charge on any atom is 0.273 e. The van der Waals surface area contributed by atoms with Crippen LogP contribution in [0.25, 0.3) is 9.88 Å². The quantitative estimate of drug-likeness (QED) is 0.921. The molecule has 20 heavy (non-hydrogen) atoms. The number of carbonyl (C=O) groups is 2. The van der Waals surface area contributed by atoms with Crippen molar-refractivity contribution < 1.29 is 9.59 Å². The predicted octanol–water partition coefficient (Wildman–Crippen LogP) is 1.83. The summed E-state index contributed by atoms with van der Waals surface area (Å²) >= 11 is 3.06. The first-order chi connectivity index (χ1) is 9.74. The van der Waals surface area contributed by atoms with E-state index in [4.69, 9.17) is 0 Å². The number of hydrogen-bond donors (Lipinski definition) is 1. The molecule has 0 spiro atoms. The number of thiophene rings is 1. The standard InChI is InChI=1S/C13H13N3O2S2/c17-11-7-16(5-2-4-14-11)13(18)9-8-20-12(15-9)10-3-1-6-19-10/h1,3,6,8H,2,4-5,7H2,(H,14,17). The van der Waals surface area contributed by atoms with Crippen molar-refractivity contribution in [3.63, 3.8) is 0 Å². The molecule has 1 N–H and O–H groups in total. The smallest absolute Gasteiger partial charge is 0.273 e. The van der Waals surface area contributed by atoms with Crippen LogP contribution in [0.5, 0.6) is 0 Å². The van der Waals surface area contributed by atoms with E-state index in [1.807, 2.05) is 17.5 Å².